The molecule has 3 aromatic rings. The zero-order valence-corrected chi connectivity index (χ0v) is 14.3. The van der Waals surface area contributed by atoms with Crippen molar-refractivity contribution in [2.45, 2.75) is 12.7 Å². The highest BCUT2D eigenvalue weighted by Crippen LogP contribution is 2.38. The van der Waals surface area contributed by atoms with Crippen LogP contribution >= 0.6 is 11.3 Å². The van der Waals surface area contributed by atoms with Gasteiger partial charge in [-0.05, 0) is 29.8 Å². The summed E-state index contributed by atoms with van der Waals surface area (Å²) in [4.78, 5) is 12.6. The minimum Gasteiger partial charge on any atom is -0.494 e. The quantitative estimate of drug-likeness (QED) is 0.644. The van der Waals surface area contributed by atoms with Gasteiger partial charge in [0, 0.05) is 16.6 Å². The molecule has 0 fully saturated rings. The number of carbonyl (C=O) groups excluding carboxylic acids is 1. The zero-order valence-electron chi connectivity index (χ0n) is 13.5. The van der Waals surface area contributed by atoms with Crippen molar-refractivity contribution < 1.29 is 27.1 Å². The smallest absolute Gasteiger partial charge is 0.416 e. The first-order chi connectivity index (χ1) is 12.3. The molecule has 1 amide bonds. The second-order valence-corrected chi connectivity index (χ2v) is 6.49. The lowest BCUT2D eigenvalue weighted by atomic mass is 10.1. The van der Waals surface area contributed by atoms with Crippen molar-refractivity contribution in [2.75, 3.05) is 7.11 Å². The number of carbonyl (C=O) groups is 1. The molecule has 0 atom stereocenters. The summed E-state index contributed by atoms with van der Waals surface area (Å²) in [5.41, 5.74) is -0.842. The highest BCUT2D eigenvalue weighted by molar-refractivity contribution is 7.21. The van der Waals surface area contributed by atoms with Crippen molar-refractivity contribution in [3.8, 4) is 5.75 Å². The third kappa shape index (κ3) is 3.50. The van der Waals surface area contributed by atoms with E-state index in [2.05, 4.69) is 5.32 Å². The fourth-order valence-corrected chi connectivity index (χ4v) is 3.67. The van der Waals surface area contributed by atoms with Crippen molar-refractivity contribution in [1.29, 1.82) is 0 Å². The molecule has 3 nitrogen and oxygen atoms in total. The molecule has 136 valence electrons. The van der Waals surface area contributed by atoms with Gasteiger partial charge in [0.1, 0.15) is 16.4 Å². The van der Waals surface area contributed by atoms with Gasteiger partial charge in [-0.3, -0.25) is 4.79 Å². The van der Waals surface area contributed by atoms with Crippen LogP contribution in [0.3, 0.4) is 0 Å². The Morgan fingerprint density at radius 2 is 1.92 bits per heavy atom. The van der Waals surface area contributed by atoms with Crippen LogP contribution in [0.5, 0.6) is 5.75 Å². The van der Waals surface area contributed by atoms with Crippen LogP contribution in [0.1, 0.15) is 20.8 Å². The van der Waals surface area contributed by atoms with E-state index < -0.39 is 23.5 Å². The van der Waals surface area contributed by atoms with E-state index in [1.807, 2.05) is 0 Å². The van der Waals surface area contributed by atoms with Gasteiger partial charge in [-0.15, -0.1) is 11.3 Å². The third-order valence-corrected chi connectivity index (χ3v) is 4.93. The predicted molar refractivity (Wildman–Crippen MR) is 90.9 cm³/mol. The Morgan fingerprint density at radius 3 is 2.62 bits per heavy atom. The van der Waals surface area contributed by atoms with Crippen LogP contribution in [0.15, 0.2) is 42.5 Å². The number of fused-ring (bicyclic) bond motifs is 1. The predicted octanol–water partition coefficient (Wildman–Crippen LogP) is 5.00. The first-order valence-electron chi connectivity index (χ1n) is 7.50. The molecule has 1 heterocycles. The van der Waals surface area contributed by atoms with E-state index in [1.165, 1.54) is 43.5 Å². The number of benzene rings is 2. The summed E-state index contributed by atoms with van der Waals surface area (Å²) in [7, 11) is 1.35. The first-order valence-corrected chi connectivity index (χ1v) is 8.32. The second kappa shape index (κ2) is 6.95. The number of hydrogen-bond donors (Lipinski definition) is 1. The topological polar surface area (TPSA) is 38.3 Å². The van der Waals surface area contributed by atoms with Crippen LogP contribution in [0.25, 0.3) is 10.1 Å². The van der Waals surface area contributed by atoms with E-state index in [9.17, 15) is 22.4 Å². The van der Waals surface area contributed by atoms with Crippen LogP contribution in [-0.4, -0.2) is 13.0 Å². The Bertz CT molecular complexity index is 965. The summed E-state index contributed by atoms with van der Waals surface area (Å²) in [6, 6.07) is 9.07. The zero-order chi connectivity index (χ0) is 18.9. The highest BCUT2D eigenvalue weighted by atomic mass is 32.1. The van der Waals surface area contributed by atoms with Crippen molar-refractivity contribution >= 4 is 27.3 Å². The summed E-state index contributed by atoms with van der Waals surface area (Å²) >= 11 is 1.08. The summed E-state index contributed by atoms with van der Waals surface area (Å²) < 4.78 is 58.4. The maximum Gasteiger partial charge on any atom is 0.416 e. The minimum absolute atomic E-state index is 0.0422. The average molecular weight is 383 g/mol. The van der Waals surface area contributed by atoms with Crippen molar-refractivity contribution in [3.63, 3.8) is 0 Å². The number of rotatable bonds is 4. The molecule has 0 aliphatic carbocycles. The van der Waals surface area contributed by atoms with Gasteiger partial charge in [-0.1, -0.05) is 18.2 Å². The van der Waals surface area contributed by atoms with Gasteiger partial charge < -0.3 is 10.1 Å². The Kier molecular flexibility index (Phi) is 4.86. The van der Waals surface area contributed by atoms with Crippen molar-refractivity contribution in [2.24, 2.45) is 0 Å². The van der Waals surface area contributed by atoms with Crippen LogP contribution < -0.4 is 10.1 Å². The van der Waals surface area contributed by atoms with Gasteiger partial charge >= 0.3 is 6.18 Å². The Morgan fingerprint density at radius 1 is 1.19 bits per heavy atom. The molecule has 0 aliphatic rings. The van der Waals surface area contributed by atoms with Gasteiger partial charge in [-0.2, -0.15) is 13.2 Å². The molecule has 2 aromatic carbocycles. The van der Waals surface area contributed by atoms with Gasteiger partial charge in [0.05, 0.1) is 12.7 Å². The van der Waals surface area contributed by atoms with Crippen LogP contribution in [0.2, 0.25) is 0 Å². The van der Waals surface area contributed by atoms with E-state index >= 15 is 0 Å². The lowest BCUT2D eigenvalue weighted by molar-refractivity contribution is -0.138. The number of amides is 1. The highest BCUT2D eigenvalue weighted by Gasteiger charge is 2.33. The largest absolute Gasteiger partial charge is 0.494 e. The van der Waals surface area contributed by atoms with E-state index in [4.69, 9.17) is 4.74 Å². The number of methoxy groups -OCH3 is 1. The molecule has 0 aliphatic heterocycles. The Labute approximate surface area is 150 Å². The molecule has 0 bridgehead atoms. The fraction of sp³-hybridized carbons (Fsp3) is 0.167. The molecule has 0 saturated carbocycles. The number of thiophene rings is 1. The molecule has 1 N–H and O–H groups in total. The SMILES string of the molecule is COc1c(C(=O)NCc2ccccc2C(F)(F)F)sc2ccc(F)cc12. The van der Waals surface area contributed by atoms with Crippen LogP contribution in [0.4, 0.5) is 17.6 Å². The maximum absolute atomic E-state index is 13.4. The van der Waals surface area contributed by atoms with E-state index in [0.29, 0.717) is 10.1 Å². The third-order valence-electron chi connectivity index (χ3n) is 3.78. The van der Waals surface area contributed by atoms with Crippen LogP contribution in [0, 0.1) is 5.82 Å². The molecule has 26 heavy (non-hydrogen) atoms. The monoisotopic (exact) mass is 383 g/mol. The van der Waals surface area contributed by atoms with Crippen molar-refractivity contribution in [1.82, 2.24) is 5.32 Å². The second-order valence-electron chi connectivity index (χ2n) is 5.44. The van der Waals surface area contributed by atoms with Crippen LogP contribution in [-0.2, 0) is 12.7 Å². The molecular formula is C18H13F4NO2S. The molecular weight excluding hydrogens is 370 g/mol. The first kappa shape index (κ1) is 18.2. The number of halogens is 4. The average Bonchev–Trinajstić information content (AvgIpc) is 2.96. The standard InChI is InChI=1S/C18H13F4NO2S/c1-25-15-12-8-11(19)6-7-14(12)26-16(15)17(24)23-9-10-4-2-3-5-13(10)18(20,21)22/h2-8H,9H2,1H3,(H,23,24). The lowest BCUT2D eigenvalue weighted by Gasteiger charge is -2.13. The molecule has 1 aromatic heterocycles. The number of hydrogen-bond acceptors (Lipinski definition) is 3. The molecule has 8 heteroatoms. The molecule has 0 radical (unpaired) electrons. The summed E-state index contributed by atoms with van der Waals surface area (Å²) in [5.74, 6) is -0.855. The normalized spacial score (nSPS) is 11.6. The number of alkyl halides is 3. The summed E-state index contributed by atoms with van der Waals surface area (Å²) in [5, 5.41) is 2.92. The van der Waals surface area contributed by atoms with E-state index in [0.717, 1.165) is 17.4 Å². The maximum atomic E-state index is 13.4. The fourth-order valence-electron chi connectivity index (χ4n) is 2.61. The minimum atomic E-state index is -4.51. The summed E-state index contributed by atoms with van der Waals surface area (Å²) in [6.45, 7) is -0.291. The molecule has 0 spiro atoms. The Hall–Kier alpha value is -2.61. The number of nitrogens with one attached hydrogen (secondary N) is 1. The van der Waals surface area contributed by atoms with Gasteiger partial charge in [-0.25, -0.2) is 4.39 Å². The van der Waals surface area contributed by atoms with E-state index in [1.54, 1.807) is 0 Å². The van der Waals surface area contributed by atoms with Crippen molar-refractivity contribution in [3.05, 3.63) is 64.3 Å². The molecule has 0 saturated heterocycles. The van der Waals surface area contributed by atoms with Gasteiger partial charge in [0.25, 0.3) is 5.91 Å². The van der Waals surface area contributed by atoms with Gasteiger partial charge in [0.2, 0.25) is 0 Å². The lowest BCUT2D eigenvalue weighted by Crippen LogP contribution is -2.24. The van der Waals surface area contributed by atoms with E-state index in [-0.39, 0.29) is 22.7 Å². The summed E-state index contributed by atoms with van der Waals surface area (Å²) in [6.07, 6.45) is -4.51. The van der Waals surface area contributed by atoms with Gasteiger partial charge in [0.15, 0.2) is 0 Å². The number of ether oxygens (including phenoxy) is 1. The molecule has 0 unspecified atom stereocenters. The Balaban J connectivity index is 1.87. The molecule has 3 rings (SSSR count).